The fraction of sp³-hybridized carbons (Fsp3) is 0.684. The lowest BCUT2D eigenvalue weighted by atomic mass is 9.48. The first-order valence-electron chi connectivity index (χ1n) is 8.51. The van der Waals surface area contributed by atoms with Crippen molar-refractivity contribution in [1.82, 2.24) is 5.32 Å². The monoisotopic (exact) mass is 285 g/mol. The normalized spacial score (nSPS) is 40.5. The summed E-state index contributed by atoms with van der Waals surface area (Å²) in [7, 11) is 1.72. The van der Waals surface area contributed by atoms with E-state index in [0.29, 0.717) is 5.41 Å². The second-order valence-corrected chi connectivity index (χ2v) is 8.04. The summed E-state index contributed by atoms with van der Waals surface area (Å²) < 4.78 is 5.23. The second-order valence-electron chi connectivity index (χ2n) is 8.04. The van der Waals surface area contributed by atoms with Crippen molar-refractivity contribution in [1.29, 1.82) is 0 Å². The zero-order valence-electron chi connectivity index (χ0n) is 13.3. The van der Waals surface area contributed by atoms with Crippen molar-refractivity contribution in [2.75, 3.05) is 7.11 Å². The molecule has 2 unspecified atom stereocenters. The van der Waals surface area contributed by atoms with E-state index in [9.17, 15) is 0 Å². The van der Waals surface area contributed by atoms with Gasteiger partial charge in [0, 0.05) is 12.6 Å². The number of ether oxygens (including phenoxy) is 1. The highest BCUT2D eigenvalue weighted by Crippen LogP contribution is 2.59. The molecule has 1 aromatic rings. The quantitative estimate of drug-likeness (QED) is 0.903. The van der Waals surface area contributed by atoms with Gasteiger partial charge in [0.1, 0.15) is 5.75 Å². The van der Waals surface area contributed by atoms with Gasteiger partial charge in [-0.15, -0.1) is 0 Å². The van der Waals surface area contributed by atoms with E-state index in [1.165, 1.54) is 37.7 Å². The number of hydrogen-bond acceptors (Lipinski definition) is 2. The average molecular weight is 285 g/mol. The molecule has 114 valence electrons. The molecule has 4 aliphatic rings. The summed E-state index contributed by atoms with van der Waals surface area (Å²) in [5.41, 5.74) is 2.05. The summed E-state index contributed by atoms with van der Waals surface area (Å²) in [5.74, 6) is 3.84. The summed E-state index contributed by atoms with van der Waals surface area (Å²) in [6.45, 7) is 3.54. The SMILES string of the molecule is COc1ccc(CNC2C3CC4CC2CC(C)(C4)C3)cc1. The van der Waals surface area contributed by atoms with E-state index in [4.69, 9.17) is 4.74 Å². The van der Waals surface area contributed by atoms with Gasteiger partial charge in [-0.2, -0.15) is 0 Å². The Bertz CT molecular complexity index is 493. The lowest BCUT2D eigenvalue weighted by Gasteiger charge is -2.59. The van der Waals surface area contributed by atoms with Crippen LogP contribution in [-0.2, 0) is 6.54 Å². The van der Waals surface area contributed by atoms with Crippen LogP contribution in [0.15, 0.2) is 24.3 Å². The third-order valence-electron chi connectivity index (χ3n) is 6.28. The molecule has 0 radical (unpaired) electrons. The number of methoxy groups -OCH3 is 1. The van der Waals surface area contributed by atoms with Gasteiger partial charge in [0.2, 0.25) is 0 Å². The molecule has 5 rings (SSSR count). The Labute approximate surface area is 128 Å². The van der Waals surface area contributed by atoms with Gasteiger partial charge >= 0.3 is 0 Å². The molecule has 0 aliphatic heterocycles. The summed E-state index contributed by atoms with van der Waals surface area (Å²) in [6, 6.07) is 9.26. The predicted molar refractivity (Wildman–Crippen MR) is 85.3 cm³/mol. The highest BCUT2D eigenvalue weighted by Gasteiger charge is 2.52. The van der Waals surface area contributed by atoms with E-state index in [2.05, 4.69) is 36.5 Å². The van der Waals surface area contributed by atoms with Crippen molar-refractivity contribution in [2.45, 2.75) is 51.6 Å². The Morgan fingerprint density at radius 1 is 1.10 bits per heavy atom. The van der Waals surface area contributed by atoms with Crippen molar-refractivity contribution in [2.24, 2.45) is 23.2 Å². The van der Waals surface area contributed by atoms with Gasteiger partial charge in [-0.05, 0) is 73.0 Å². The fourth-order valence-corrected chi connectivity index (χ4v) is 5.74. The van der Waals surface area contributed by atoms with E-state index >= 15 is 0 Å². The van der Waals surface area contributed by atoms with Gasteiger partial charge in [-0.1, -0.05) is 19.1 Å². The molecule has 2 heteroatoms. The van der Waals surface area contributed by atoms with Crippen molar-refractivity contribution >= 4 is 0 Å². The topological polar surface area (TPSA) is 21.3 Å². The number of rotatable bonds is 4. The van der Waals surface area contributed by atoms with Crippen LogP contribution in [0.1, 0.15) is 44.6 Å². The van der Waals surface area contributed by atoms with Crippen LogP contribution in [0.3, 0.4) is 0 Å². The van der Waals surface area contributed by atoms with E-state index in [1.54, 1.807) is 7.11 Å². The first kappa shape index (κ1) is 13.6. The largest absolute Gasteiger partial charge is 0.497 e. The molecule has 4 fully saturated rings. The minimum atomic E-state index is 0.675. The summed E-state index contributed by atoms with van der Waals surface area (Å²) >= 11 is 0. The van der Waals surface area contributed by atoms with Crippen molar-refractivity contribution in [3.05, 3.63) is 29.8 Å². The lowest BCUT2D eigenvalue weighted by Crippen LogP contribution is -2.57. The Hall–Kier alpha value is -1.02. The zero-order valence-corrected chi connectivity index (χ0v) is 13.3. The first-order valence-corrected chi connectivity index (χ1v) is 8.51. The van der Waals surface area contributed by atoms with Crippen LogP contribution in [0.25, 0.3) is 0 Å². The second kappa shape index (κ2) is 5.01. The van der Waals surface area contributed by atoms with Crippen molar-refractivity contribution in [3.8, 4) is 5.75 Å². The lowest BCUT2D eigenvalue weighted by molar-refractivity contribution is -0.0669. The molecule has 0 aromatic heterocycles. The van der Waals surface area contributed by atoms with Crippen LogP contribution in [0.2, 0.25) is 0 Å². The molecule has 0 amide bonds. The standard InChI is InChI=1S/C19H27NO/c1-19-9-14-7-15(10-19)18(16(8-14)11-19)20-12-13-3-5-17(21-2)6-4-13/h3-6,14-16,18,20H,7-12H2,1-2H3. The van der Waals surface area contributed by atoms with Crippen LogP contribution >= 0.6 is 0 Å². The molecule has 21 heavy (non-hydrogen) atoms. The van der Waals surface area contributed by atoms with E-state index in [-0.39, 0.29) is 0 Å². The molecule has 4 bridgehead atoms. The third kappa shape index (κ3) is 2.48. The van der Waals surface area contributed by atoms with Crippen LogP contribution in [0, 0.1) is 23.2 Å². The highest BCUT2D eigenvalue weighted by molar-refractivity contribution is 5.27. The molecule has 0 spiro atoms. The van der Waals surface area contributed by atoms with Crippen molar-refractivity contribution in [3.63, 3.8) is 0 Å². The van der Waals surface area contributed by atoms with E-state index < -0.39 is 0 Å². The predicted octanol–water partition coefficient (Wildman–Crippen LogP) is 4.00. The van der Waals surface area contributed by atoms with Gasteiger partial charge in [-0.25, -0.2) is 0 Å². The van der Waals surface area contributed by atoms with E-state index in [0.717, 1.165) is 36.1 Å². The molecule has 0 saturated heterocycles. The molecular weight excluding hydrogens is 258 g/mol. The van der Waals surface area contributed by atoms with Crippen molar-refractivity contribution < 1.29 is 4.74 Å². The van der Waals surface area contributed by atoms with Crippen LogP contribution < -0.4 is 10.1 Å². The minimum Gasteiger partial charge on any atom is -0.497 e. The zero-order chi connectivity index (χ0) is 14.4. The number of nitrogens with one attached hydrogen (secondary N) is 1. The van der Waals surface area contributed by atoms with Crippen LogP contribution in [0.5, 0.6) is 5.75 Å². The van der Waals surface area contributed by atoms with Gasteiger partial charge < -0.3 is 10.1 Å². The molecule has 2 atom stereocenters. The molecular formula is C19H27NO. The summed E-state index contributed by atoms with van der Waals surface area (Å²) in [4.78, 5) is 0. The summed E-state index contributed by atoms with van der Waals surface area (Å²) in [6.07, 6.45) is 7.38. The molecule has 1 N–H and O–H groups in total. The molecule has 2 nitrogen and oxygen atoms in total. The molecule has 4 saturated carbocycles. The highest BCUT2D eigenvalue weighted by atomic mass is 16.5. The maximum Gasteiger partial charge on any atom is 0.118 e. The first-order chi connectivity index (χ1) is 10.1. The van der Waals surface area contributed by atoms with E-state index in [1.807, 2.05) is 0 Å². The van der Waals surface area contributed by atoms with Gasteiger partial charge in [0.25, 0.3) is 0 Å². The molecule has 4 aliphatic carbocycles. The number of hydrogen-bond donors (Lipinski definition) is 1. The maximum absolute atomic E-state index is 5.23. The fourth-order valence-electron chi connectivity index (χ4n) is 5.74. The smallest absolute Gasteiger partial charge is 0.118 e. The van der Waals surface area contributed by atoms with Gasteiger partial charge in [-0.3, -0.25) is 0 Å². The Kier molecular flexibility index (Phi) is 3.25. The minimum absolute atomic E-state index is 0.675. The van der Waals surface area contributed by atoms with Gasteiger partial charge in [0.05, 0.1) is 7.11 Å². The number of benzene rings is 1. The van der Waals surface area contributed by atoms with Crippen LogP contribution in [-0.4, -0.2) is 13.2 Å². The Morgan fingerprint density at radius 2 is 1.76 bits per heavy atom. The summed E-state index contributed by atoms with van der Waals surface area (Å²) in [5, 5.41) is 3.89. The average Bonchev–Trinajstić information content (AvgIpc) is 2.45. The molecule has 1 aromatic carbocycles. The van der Waals surface area contributed by atoms with Gasteiger partial charge in [0.15, 0.2) is 0 Å². The van der Waals surface area contributed by atoms with Crippen LogP contribution in [0.4, 0.5) is 0 Å². The third-order valence-corrected chi connectivity index (χ3v) is 6.28. The maximum atomic E-state index is 5.23. The molecule has 0 heterocycles. The Balaban J connectivity index is 1.41. The Morgan fingerprint density at radius 3 is 2.33 bits per heavy atom.